The third-order valence-electron chi connectivity index (χ3n) is 12.7. The van der Waals surface area contributed by atoms with Crippen molar-refractivity contribution in [3.05, 3.63) is 88.1 Å². The minimum absolute atomic E-state index is 0.185. The summed E-state index contributed by atoms with van der Waals surface area (Å²) in [6, 6.07) is 18.9. The van der Waals surface area contributed by atoms with Gasteiger partial charge in [-0.15, -0.1) is 0 Å². The Labute approximate surface area is 385 Å². The van der Waals surface area contributed by atoms with Gasteiger partial charge in [0.2, 0.25) is 17.8 Å². The Bertz CT molecular complexity index is 2620. The van der Waals surface area contributed by atoms with E-state index in [9.17, 15) is 24.2 Å². The van der Waals surface area contributed by atoms with Gasteiger partial charge in [0.25, 0.3) is 5.91 Å². The summed E-state index contributed by atoms with van der Waals surface area (Å²) in [5.41, 5.74) is 4.66. The molecule has 4 aromatic rings. The zero-order chi connectivity index (χ0) is 45.7. The average Bonchev–Trinajstić information content (AvgIpc) is 3.64. The minimum atomic E-state index is -2.55. The van der Waals surface area contributed by atoms with Crippen LogP contribution < -0.4 is 30.9 Å². The quantitative estimate of drug-likeness (QED) is 0.0589. The van der Waals surface area contributed by atoms with Gasteiger partial charge in [-0.25, -0.2) is 4.98 Å². The lowest BCUT2D eigenvalue weighted by atomic mass is 10.00. The van der Waals surface area contributed by atoms with E-state index in [4.69, 9.17) is 16.3 Å². The van der Waals surface area contributed by atoms with Crippen LogP contribution >= 0.6 is 18.7 Å². The summed E-state index contributed by atoms with van der Waals surface area (Å²) in [6.45, 7) is 10.8. The maximum Gasteiger partial charge on any atom is 0.255 e. The second-order valence-electron chi connectivity index (χ2n) is 17.3. The number of carbonyl (C=O) groups excluding carboxylic acids is 3. The fourth-order valence-corrected chi connectivity index (χ4v) is 10.5. The highest BCUT2D eigenvalue weighted by Crippen LogP contribution is 2.39. The number of rotatable bonds is 13. The summed E-state index contributed by atoms with van der Waals surface area (Å²) in [5, 5.41) is 19.6. The molecule has 17 heteroatoms. The van der Waals surface area contributed by atoms with Crippen molar-refractivity contribution in [1.82, 2.24) is 30.0 Å². The molecule has 3 saturated heterocycles. The predicted molar refractivity (Wildman–Crippen MR) is 253 cm³/mol. The van der Waals surface area contributed by atoms with E-state index < -0.39 is 19.1 Å². The molecule has 4 aliphatic heterocycles. The number of nitriles is 1. The van der Waals surface area contributed by atoms with Gasteiger partial charge in [-0.3, -0.25) is 24.6 Å². The highest BCUT2D eigenvalue weighted by Gasteiger charge is 2.40. The molecule has 3 fully saturated rings. The number of methoxy groups -OCH3 is 1. The van der Waals surface area contributed by atoms with E-state index in [0.29, 0.717) is 62.7 Å². The van der Waals surface area contributed by atoms with Gasteiger partial charge in [-0.2, -0.15) is 10.2 Å². The SMILES string of the molecule is COc1cc(N2CCC(N3CCN(CCCCC#Cc4cc(C#N)cc5c4CN(C4CCC(=O)NC4=O)C5=O)CC3)CC2)ccc1Nc1ncc(Cl)c(Nc2ccccc2P(C)(C)=O)n1. The zero-order valence-electron chi connectivity index (χ0n) is 37.0. The fraction of sp³-hybridized carbons (Fsp3) is 0.417. The van der Waals surface area contributed by atoms with E-state index >= 15 is 0 Å². The normalized spacial score (nSPS) is 18.4. The first-order chi connectivity index (χ1) is 31.4. The first kappa shape index (κ1) is 45.6. The Hall–Kier alpha value is -5.96. The average molecular weight is 917 g/mol. The van der Waals surface area contributed by atoms with Crippen LogP contribution in [0.25, 0.3) is 0 Å². The molecule has 65 heavy (non-hydrogen) atoms. The molecule has 15 nitrogen and oxygen atoms in total. The highest BCUT2D eigenvalue weighted by atomic mass is 35.5. The number of anilines is 5. The molecule has 1 aromatic heterocycles. The molecule has 338 valence electrons. The number of ether oxygens (including phenoxy) is 1. The van der Waals surface area contributed by atoms with Gasteiger partial charge in [0.1, 0.15) is 24.0 Å². The number of hydrogen-bond donors (Lipinski definition) is 3. The van der Waals surface area contributed by atoms with Gasteiger partial charge in [0, 0.05) is 92.9 Å². The molecule has 0 saturated carbocycles. The van der Waals surface area contributed by atoms with Crippen molar-refractivity contribution in [3.8, 4) is 23.7 Å². The Balaban J connectivity index is 0.776. The Kier molecular flexibility index (Phi) is 14.1. The van der Waals surface area contributed by atoms with Crippen LogP contribution in [0.1, 0.15) is 72.0 Å². The molecule has 5 heterocycles. The number of halogens is 1. The lowest BCUT2D eigenvalue weighted by Crippen LogP contribution is -2.53. The number of hydrogen-bond acceptors (Lipinski definition) is 13. The van der Waals surface area contributed by atoms with Gasteiger partial charge in [-0.05, 0) is 93.9 Å². The lowest BCUT2D eigenvalue weighted by Gasteiger charge is -2.43. The number of aromatic nitrogens is 2. The van der Waals surface area contributed by atoms with Crippen LogP contribution in [-0.2, 0) is 20.7 Å². The summed E-state index contributed by atoms with van der Waals surface area (Å²) >= 11 is 6.49. The molecule has 3 aromatic carbocycles. The predicted octanol–water partition coefficient (Wildman–Crippen LogP) is 6.31. The molecule has 0 aliphatic carbocycles. The highest BCUT2D eigenvalue weighted by molar-refractivity contribution is 7.70. The summed E-state index contributed by atoms with van der Waals surface area (Å²) in [5.74, 6) is 6.82. The standard InChI is InChI=1S/C48H54ClN10O5P/c1-64-42-28-35(13-14-39(42)53-48-51-30-38(49)45(55-48)52-40-11-7-8-12-43(40)65(2,3)63)57-20-17-34(18-21-57)58-24-22-56(23-25-58)19-9-5-4-6-10-33-26-32(29-50)27-36-37(33)31-59(47(36)62)41-15-16-44(60)54-46(41)61/h7-8,11-14,26-28,30,34,41H,4-5,9,15-25,31H2,1-3H3,(H,54,60,61)(H2,51,52,53,55). The van der Waals surface area contributed by atoms with E-state index in [0.717, 1.165) is 88.4 Å². The van der Waals surface area contributed by atoms with E-state index in [2.05, 4.69) is 70.7 Å². The Morgan fingerprint density at radius 1 is 0.954 bits per heavy atom. The zero-order valence-corrected chi connectivity index (χ0v) is 38.7. The largest absolute Gasteiger partial charge is 0.494 e. The van der Waals surface area contributed by atoms with Gasteiger partial charge in [0.15, 0.2) is 5.82 Å². The molecular weight excluding hydrogens is 863 g/mol. The molecule has 0 spiro atoms. The van der Waals surface area contributed by atoms with Crippen molar-refractivity contribution in [2.45, 2.75) is 63.6 Å². The topological polar surface area (TPSA) is 176 Å². The van der Waals surface area contributed by atoms with Crippen LogP contribution in [0, 0.1) is 23.2 Å². The van der Waals surface area contributed by atoms with Crippen LogP contribution in [-0.4, -0.2) is 121 Å². The molecular formula is C48H54ClN10O5P. The van der Waals surface area contributed by atoms with E-state index in [-0.39, 0.29) is 31.2 Å². The van der Waals surface area contributed by atoms with Gasteiger partial charge < -0.3 is 34.6 Å². The van der Waals surface area contributed by atoms with Crippen molar-refractivity contribution >= 4 is 70.6 Å². The molecule has 0 bridgehead atoms. The van der Waals surface area contributed by atoms with Gasteiger partial charge >= 0.3 is 0 Å². The van der Waals surface area contributed by atoms with Crippen molar-refractivity contribution in [2.24, 2.45) is 0 Å². The molecule has 8 rings (SSSR count). The molecule has 4 aliphatic rings. The van der Waals surface area contributed by atoms with Gasteiger partial charge in [0.05, 0.1) is 36.3 Å². The van der Waals surface area contributed by atoms with Crippen LogP contribution in [0.15, 0.2) is 60.8 Å². The van der Waals surface area contributed by atoms with Crippen LogP contribution in [0.5, 0.6) is 5.75 Å². The first-order valence-electron chi connectivity index (χ1n) is 22.2. The van der Waals surface area contributed by atoms with Crippen molar-refractivity contribution in [3.63, 3.8) is 0 Å². The van der Waals surface area contributed by atoms with E-state index in [1.54, 1.807) is 32.6 Å². The Morgan fingerprint density at radius 3 is 2.48 bits per heavy atom. The van der Waals surface area contributed by atoms with E-state index in [1.165, 1.54) is 11.1 Å². The molecule has 3 amide bonds. The number of imide groups is 1. The van der Waals surface area contributed by atoms with Crippen LogP contribution in [0.2, 0.25) is 5.02 Å². The third kappa shape index (κ3) is 10.6. The summed E-state index contributed by atoms with van der Waals surface area (Å²) in [7, 11) is -0.898. The molecule has 0 radical (unpaired) electrons. The van der Waals surface area contributed by atoms with Crippen molar-refractivity contribution in [2.75, 3.05) is 81.8 Å². The number of nitrogens with zero attached hydrogens (tertiary/aromatic N) is 7. The van der Waals surface area contributed by atoms with E-state index in [1.807, 2.05) is 30.3 Å². The molecule has 3 N–H and O–H groups in total. The Morgan fingerprint density at radius 2 is 1.74 bits per heavy atom. The monoisotopic (exact) mass is 916 g/mol. The van der Waals surface area contributed by atoms with Crippen LogP contribution in [0.4, 0.5) is 28.8 Å². The second kappa shape index (κ2) is 20.1. The second-order valence-corrected chi connectivity index (χ2v) is 20.9. The number of amides is 3. The van der Waals surface area contributed by atoms with Gasteiger partial charge in [-0.1, -0.05) is 35.6 Å². The van der Waals surface area contributed by atoms with Crippen molar-refractivity contribution < 1.29 is 23.7 Å². The number of para-hydroxylation sites is 1. The number of carbonyl (C=O) groups is 3. The molecule has 1 unspecified atom stereocenters. The maximum absolute atomic E-state index is 13.3. The van der Waals surface area contributed by atoms with Crippen molar-refractivity contribution in [1.29, 1.82) is 5.26 Å². The summed E-state index contributed by atoms with van der Waals surface area (Å²) in [6.07, 6.45) is 6.87. The smallest absolute Gasteiger partial charge is 0.255 e. The number of fused-ring (bicyclic) bond motifs is 1. The number of benzene rings is 3. The summed E-state index contributed by atoms with van der Waals surface area (Å²) in [4.78, 5) is 55.6. The maximum atomic E-state index is 13.3. The minimum Gasteiger partial charge on any atom is -0.494 e. The fourth-order valence-electron chi connectivity index (χ4n) is 9.18. The number of piperidine rings is 2. The first-order valence-corrected chi connectivity index (χ1v) is 25.2. The summed E-state index contributed by atoms with van der Waals surface area (Å²) < 4.78 is 18.7. The number of unbranched alkanes of at least 4 members (excludes halogenated alkanes) is 2. The number of nitrogens with one attached hydrogen (secondary N) is 3. The lowest BCUT2D eigenvalue weighted by molar-refractivity contribution is -0.136. The number of piperazine rings is 1. The van der Waals surface area contributed by atoms with Crippen LogP contribution in [0.3, 0.4) is 0 Å². The molecule has 1 atom stereocenters. The third-order valence-corrected chi connectivity index (χ3v) is 14.5.